The molecule has 0 saturated heterocycles. The number of carbonyl (C=O) groups is 1. The van der Waals surface area contributed by atoms with E-state index < -0.39 is 15.9 Å². The second-order valence-electron chi connectivity index (χ2n) is 4.53. The Bertz CT molecular complexity index is 804. The van der Waals surface area contributed by atoms with Crippen LogP contribution in [0.3, 0.4) is 0 Å². The second-order valence-corrected chi connectivity index (χ2v) is 6.29. The first-order valence-corrected chi connectivity index (χ1v) is 8.11. The van der Waals surface area contributed by atoms with Crippen molar-refractivity contribution >= 4 is 22.0 Å². The number of pyridine rings is 1. The zero-order valence-electron chi connectivity index (χ0n) is 12.0. The number of benzene rings is 1. The van der Waals surface area contributed by atoms with Crippen LogP contribution in [0.25, 0.3) is 6.08 Å². The number of rotatable bonds is 6. The molecule has 1 amide bonds. The zero-order valence-corrected chi connectivity index (χ0v) is 12.8. The van der Waals surface area contributed by atoms with E-state index in [0.717, 1.165) is 6.08 Å². The van der Waals surface area contributed by atoms with Gasteiger partial charge in [-0.2, -0.15) is 0 Å². The quantitative estimate of drug-likeness (QED) is 0.416. The number of carbonyl (C=O) groups excluding carboxylic acids is 1. The molecule has 0 aliphatic heterocycles. The van der Waals surface area contributed by atoms with Crippen molar-refractivity contribution in [1.82, 2.24) is 15.2 Å². The van der Waals surface area contributed by atoms with Crippen LogP contribution in [0.15, 0.2) is 59.6 Å². The van der Waals surface area contributed by atoms with Gasteiger partial charge < -0.3 is 0 Å². The van der Waals surface area contributed by atoms with Gasteiger partial charge in [-0.3, -0.25) is 15.0 Å². The summed E-state index contributed by atoms with van der Waals surface area (Å²) in [6.07, 6.45) is 4.07. The van der Waals surface area contributed by atoms with Crippen LogP contribution in [0.1, 0.15) is 11.3 Å². The minimum atomic E-state index is -3.70. The fourth-order valence-corrected chi connectivity index (χ4v) is 2.80. The normalized spacial score (nSPS) is 11.5. The lowest BCUT2D eigenvalue weighted by Gasteiger charge is -2.07. The lowest BCUT2D eigenvalue weighted by atomic mass is 10.2. The van der Waals surface area contributed by atoms with E-state index in [1.54, 1.807) is 36.5 Å². The maximum absolute atomic E-state index is 12.3. The van der Waals surface area contributed by atoms with Crippen molar-refractivity contribution in [3.05, 3.63) is 66.0 Å². The van der Waals surface area contributed by atoms with Gasteiger partial charge >= 0.3 is 0 Å². The molecule has 8 heteroatoms. The monoisotopic (exact) mass is 333 g/mol. The number of hydroxylamine groups is 1. The number of hydrogen-bond donors (Lipinski definition) is 3. The Labute approximate surface area is 133 Å². The number of sulfonamides is 1. The van der Waals surface area contributed by atoms with E-state index in [2.05, 4.69) is 9.71 Å². The van der Waals surface area contributed by atoms with Crippen molar-refractivity contribution in [3.8, 4) is 0 Å². The first-order chi connectivity index (χ1) is 11.0. The van der Waals surface area contributed by atoms with Crippen molar-refractivity contribution in [2.24, 2.45) is 0 Å². The molecule has 1 aromatic heterocycles. The molecular weight excluding hydrogens is 318 g/mol. The topological polar surface area (TPSA) is 108 Å². The molecule has 3 N–H and O–H groups in total. The largest absolute Gasteiger partial charge is 0.288 e. The SMILES string of the molecule is O=C(C=Cc1cccc(S(=O)(=O)NCc2ccccn2)c1)NO. The van der Waals surface area contributed by atoms with Crippen LogP contribution in [0.4, 0.5) is 0 Å². The first-order valence-electron chi connectivity index (χ1n) is 6.63. The van der Waals surface area contributed by atoms with E-state index in [1.165, 1.54) is 23.7 Å². The molecule has 0 atom stereocenters. The summed E-state index contributed by atoms with van der Waals surface area (Å²) in [5.74, 6) is -0.702. The molecule has 2 rings (SSSR count). The molecule has 23 heavy (non-hydrogen) atoms. The minimum absolute atomic E-state index is 0.0694. The van der Waals surface area contributed by atoms with Crippen LogP contribution >= 0.6 is 0 Å². The summed E-state index contributed by atoms with van der Waals surface area (Å²) in [7, 11) is -3.70. The van der Waals surface area contributed by atoms with Gasteiger partial charge in [0.05, 0.1) is 17.1 Å². The van der Waals surface area contributed by atoms with Crippen molar-refractivity contribution in [2.75, 3.05) is 0 Å². The molecular formula is C15H15N3O4S. The lowest BCUT2D eigenvalue weighted by molar-refractivity contribution is -0.124. The molecule has 0 unspecified atom stereocenters. The molecule has 0 spiro atoms. The van der Waals surface area contributed by atoms with E-state index in [4.69, 9.17) is 5.21 Å². The Kier molecular flexibility index (Phi) is 5.58. The number of nitrogens with one attached hydrogen (secondary N) is 2. The van der Waals surface area contributed by atoms with Crippen molar-refractivity contribution in [2.45, 2.75) is 11.4 Å². The maximum Gasteiger partial charge on any atom is 0.267 e. The van der Waals surface area contributed by atoms with E-state index in [9.17, 15) is 13.2 Å². The predicted octanol–water partition coefficient (Wildman–Crippen LogP) is 1.08. The average Bonchev–Trinajstić information content (AvgIpc) is 2.59. The molecule has 0 aliphatic carbocycles. The summed E-state index contributed by atoms with van der Waals surface area (Å²) in [5.41, 5.74) is 2.57. The van der Waals surface area contributed by atoms with E-state index in [-0.39, 0.29) is 11.4 Å². The number of nitrogens with zero attached hydrogens (tertiary/aromatic N) is 1. The van der Waals surface area contributed by atoms with E-state index in [0.29, 0.717) is 11.3 Å². The summed E-state index contributed by atoms with van der Waals surface area (Å²) < 4.78 is 27.0. The molecule has 0 aliphatic rings. The van der Waals surface area contributed by atoms with Gasteiger partial charge in [0, 0.05) is 12.3 Å². The first kappa shape index (κ1) is 16.8. The van der Waals surface area contributed by atoms with Crippen LogP contribution in [-0.2, 0) is 21.4 Å². The van der Waals surface area contributed by atoms with Crippen molar-refractivity contribution in [3.63, 3.8) is 0 Å². The van der Waals surface area contributed by atoms with E-state index in [1.807, 2.05) is 0 Å². The highest BCUT2D eigenvalue weighted by atomic mass is 32.2. The number of amides is 1. The molecule has 1 aromatic carbocycles. The Morgan fingerprint density at radius 2 is 2.04 bits per heavy atom. The van der Waals surface area contributed by atoms with Crippen LogP contribution in [0.5, 0.6) is 0 Å². The average molecular weight is 333 g/mol. The highest BCUT2D eigenvalue weighted by Crippen LogP contribution is 2.13. The third-order valence-electron chi connectivity index (χ3n) is 2.88. The van der Waals surface area contributed by atoms with Gasteiger partial charge in [-0.15, -0.1) is 0 Å². The van der Waals surface area contributed by atoms with Crippen LogP contribution in [-0.4, -0.2) is 24.5 Å². The maximum atomic E-state index is 12.3. The Morgan fingerprint density at radius 3 is 2.74 bits per heavy atom. The highest BCUT2D eigenvalue weighted by Gasteiger charge is 2.14. The minimum Gasteiger partial charge on any atom is -0.288 e. The molecule has 0 bridgehead atoms. The Morgan fingerprint density at radius 1 is 1.22 bits per heavy atom. The van der Waals surface area contributed by atoms with Gasteiger partial charge in [0.15, 0.2) is 0 Å². The number of hydrogen-bond acceptors (Lipinski definition) is 5. The summed E-state index contributed by atoms with van der Waals surface area (Å²) in [6.45, 7) is 0.0795. The lowest BCUT2D eigenvalue weighted by Crippen LogP contribution is -2.23. The molecule has 1 heterocycles. The Hall–Kier alpha value is -2.55. The fraction of sp³-hybridized carbons (Fsp3) is 0.0667. The highest BCUT2D eigenvalue weighted by molar-refractivity contribution is 7.89. The van der Waals surface area contributed by atoms with Gasteiger partial charge in [-0.1, -0.05) is 18.2 Å². The van der Waals surface area contributed by atoms with Crippen LogP contribution in [0, 0.1) is 0 Å². The van der Waals surface area contributed by atoms with Gasteiger partial charge in [0.25, 0.3) is 5.91 Å². The van der Waals surface area contributed by atoms with Gasteiger partial charge in [0.2, 0.25) is 10.0 Å². The van der Waals surface area contributed by atoms with Crippen LogP contribution in [0.2, 0.25) is 0 Å². The van der Waals surface area contributed by atoms with Gasteiger partial charge in [-0.25, -0.2) is 18.6 Å². The van der Waals surface area contributed by atoms with Gasteiger partial charge in [-0.05, 0) is 35.9 Å². The predicted molar refractivity (Wildman–Crippen MR) is 83.7 cm³/mol. The third-order valence-corrected chi connectivity index (χ3v) is 4.27. The second kappa shape index (κ2) is 7.63. The molecule has 120 valence electrons. The van der Waals surface area contributed by atoms with Crippen molar-refractivity contribution < 1.29 is 18.4 Å². The van der Waals surface area contributed by atoms with Crippen molar-refractivity contribution in [1.29, 1.82) is 0 Å². The Balaban J connectivity index is 2.13. The summed E-state index contributed by atoms with van der Waals surface area (Å²) >= 11 is 0. The third kappa shape index (κ3) is 4.99. The molecule has 0 radical (unpaired) electrons. The molecule has 7 nitrogen and oxygen atoms in total. The zero-order chi connectivity index (χ0) is 16.7. The molecule has 2 aromatic rings. The fourth-order valence-electron chi connectivity index (χ4n) is 1.75. The molecule has 0 saturated carbocycles. The van der Waals surface area contributed by atoms with Gasteiger partial charge in [0.1, 0.15) is 0 Å². The smallest absolute Gasteiger partial charge is 0.267 e. The summed E-state index contributed by atoms with van der Waals surface area (Å²) in [5, 5.41) is 8.41. The summed E-state index contributed by atoms with van der Waals surface area (Å²) in [4.78, 5) is 15.1. The summed E-state index contributed by atoms with van der Waals surface area (Å²) in [6, 6.07) is 11.3. The standard InChI is InChI=1S/C15H15N3O4S/c19-15(18-20)8-7-12-4-3-6-14(10-12)23(21,22)17-11-13-5-1-2-9-16-13/h1-10,17,20H,11H2,(H,18,19). The number of aromatic nitrogens is 1. The molecule has 0 fully saturated rings. The van der Waals surface area contributed by atoms with E-state index >= 15 is 0 Å². The van der Waals surface area contributed by atoms with Crippen LogP contribution < -0.4 is 10.2 Å².